The predicted molar refractivity (Wildman–Crippen MR) is 61.7 cm³/mol. The SMILES string of the molecule is O=C(NCCc1ncc[nH]1)c1cncc(Cl)n1. The van der Waals surface area contributed by atoms with Crippen LogP contribution in [-0.2, 0) is 6.42 Å². The fourth-order valence-corrected chi connectivity index (χ4v) is 1.42. The van der Waals surface area contributed by atoms with Crippen molar-refractivity contribution < 1.29 is 4.79 Å². The molecular formula is C10H10ClN5O. The van der Waals surface area contributed by atoms with Gasteiger partial charge in [0.1, 0.15) is 16.7 Å². The number of hydrogen-bond acceptors (Lipinski definition) is 4. The molecule has 0 aromatic carbocycles. The van der Waals surface area contributed by atoms with Crippen LogP contribution < -0.4 is 5.32 Å². The zero-order chi connectivity index (χ0) is 12.1. The van der Waals surface area contributed by atoms with E-state index in [-0.39, 0.29) is 16.8 Å². The van der Waals surface area contributed by atoms with Crippen molar-refractivity contribution in [2.45, 2.75) is 6.42 Å². The fraction of sp³-hybridized carbons (Fsp3) is 0.200. The zero-order valence-corrected chi connectivity index (χ0v) is 9.61. The molecule has 2 heterocycles. The van der Waals surface area contributed by atoms with Crippen molar-refractivity contribution in [3.63, 3.8) is 0 Å². The molecule has 0 aliphatic carbocycles. The maximum atomic E-state index is 11.6. The normalized spacial score (nSPS) is 10.2. The van der Waals surface area contributed by atoms with E-state index in [0.717, 1.165) is 5.82 Å². The van der Waals surface area contributed by atoms with Crippen LogP contribution in [0.1, 0.15) is 16.3 Å². The first kappa shape index (κ1) is 11.5. The second-order valence-electron chi connectivity index (χ2n) is 3.27. The zero-order valence-electron chi connectivity index (χ0n) is 8.85. The Balaban J connectivity index is 1.85. The molecule has 0 aliphatic rings. The number of aromatic amines is 1. The highest BCUT2D eigenvalue weighted by Gasteiger charge is 2.07. The van der Waals surface area contributed by atoms with E-state index < -0.39 is 0 Å². The highest BCUT2D eigenvalue weighted by Crippen LogP contribution is 2.02. The minimum Gasteiger partial charge on any atom is -0.350 e. The van der Waals surface area contributed by atoms with Crippen LogP contribution in [0, 0.1) is 0 Å². The predicted octanol–water partition coefficient (Wildman–Crippen LogP) is 0.826. The third kappa shape index (κ3) is 3.25. The van der Waals surface area contributed by atoms with Gasteiger partial charge in [0.25, 0.3) is 5.91 Å². The number of nitrogens with one attached hydrogen (secondary N) is 2. The van der Waals surface area contributed by atoms with Crippen molar-refractivity contribution in [1.82, 2.24) is 25.3 Å². The summed E-state index contributed by atoms with van der Waals surface area (Å²) >= 11 is 5.64. The van der Waals surface area contributed by atoms with E-state index >= 15 is 0 Å². The first-order chi connectivity index (χ1) is 8.25. The van der Waals surface area contributed by atoms with Gasteiger partial charge >= 0.3 is 0 Å². The van der Waals surface area contributed by atoms with E-state index in [0.29, 0.717) is 13.0 Å². The van der Waals surface area contributed by atoms with Gasteiger partial charge in [-0.1, -0.05) is 11.6 Å². The first-order valence-corrected chi connectivity index (χ1v) is 5.37. The summed E-state index contributed by atoms with van der Waals surface area (Å²) in [7, 11) is 0. The maximum absolute atomic E-state index is 11.6. The van der Waals surface area contributed by atoms with Crippen LogP contribution in [0.25, 0.3) is 0 Å². The third-order valence-corrected chi connectivity index (χ3v) is 2.22. The second kappa shape index (κ2) is 5.40. The summed E-state index contributed by atoms with van der Waals surface area (Å²) in [6, 6.07) is 0. The number of carbonyl (C=O) groups is 1. The van der Waals surface area contributed by atoms with E-state index in [1.165, 1.54) is 12.4 Å². The number of hydrogen-bond donors (Lipinski definition) is 2. The molecule has 0 aliphatic heterocycles. The Kier molecular flexibility index (Phi) is 3.66. The van der Waals surface area contributed by atoms with E-state index in [2.05, 4.69) is 25.3 Å². The number of nitrogens with zero attached hydrogens (tertiary/aromatic N) is 3. The van der Waals surface area contributed by atoms with Crippen molar-refractivity contribution in [3.8, 4) is 0 Å². The average molecular weight is 252 g/mol. The van der Waals surface area contributed by atoms with Gasteiger partial charge in [0.2, 0.25) is 0 Å². The van der Waals surface area contributed by atoms with Gasteiger partial charge in [-0.15, -0.1) is 0 Å². The van der Waals surface area contributed by atoms with E-state index in [1.54, 1.807) is 12.4 Å². The third-order valence-electron chi connectivity index (χ3n) is 2.04. The molecule has 2 rings (SSSR count). The molecule has 6 nitrogen and oxygen atoms in total. The van der Waals surface area contributed by atoms with Gasteiger partial charge in [-0.3, -0.25) is 9.78 Å². The topological polar surface area (TPSA) is 83.6 Å². The summed E-state index contributed by atoms with van der Waals surface area (Å²) in [4.78, 5) is 26.3. The molecule has 0 unspecified atom stereocenters. The lowest BCUT2D eigenvalue weighted by Crippen LogP contribution is -2.26. The molecule has 17 heavy (non-hydrogen) atoms. The number of imidazole rings is 1. The van der Waals surface area contributed by atoms with E-state index in [1.807, 2.05) is 0 Å². The molecule has 0 saturated heterocycles. The average Bonchev–Trinajstić information content (AvgIpc) is 2.82. The monoisotopic (exact) mass is 251 g/mol. The Morgan fingerprint density at radius 1 is 1.47 bits per heavy atom. The fourth-order valence-electron chi connectivity index (χ4n) is 1.27. The molecule has 0 radical (unpaired) electrons. The quantitative estimate of drug-likeness (QED) is 0.843. The number of H-pyrrole nitrogens is 1. The van der Waals surface area contributed by atoms with Gasteiger partial charge in [-0.05, 0) is 0 Å². The van der Waals surface area contributed by atoms with Crippen molar-refractivity contribution in [2.75, 3.05) is 6.54 Å². The van der Waals surface area contributed by atoms with Crippen LogP contribution in [0.2, 0.25) is 5.15 Å². The lowest BCUT2D eigenvalue weighted by Gasteiger charge is -2.02. The van der Waals surface area contributed by atoms with Crippen LogP contribution in [0.4, 0.5) is 0 Å². The molecule has 7 heteroatoms. The van der Waals surface area contributed by atoms with Crippen LogP contribution in [0.15, 0.2) is 24.8 Å². The molecule has 2 N–H and O–H groups in total. The summed E-state index contributed by atoms with van der Waals surface area (Å²) in [5.74, 6) is 0.522. The molecule has 2 aromatic rings. The Labute approximate surface area is 102 Å². The summed E-state index contributed by atoms with van der Waals surface area (Å²) in [5.41, 5.74) is 0.206. The van der Waals surface area contributed by atoms with Crippen molar-refractivity contribution in [1.29, 1.82) is 0 Å². The van der Waals surface area contributed by atoms with Crippen LogP contribution in [0.3, 0.4) is 0 Å². The molecule has 0 spiro atoms. The molecule has 1 amide bonds. The van der Waals surface area contributed by atoms with Crippen molar-refractivity contribution in [3.05, 3.63) is 41.5 Å². The summed E-state index contributed by atoms with van der Waals surface area (Å²) in [5, 5.41) is 2.90. The van der Waals surface area contributed by atoms with Crippen LogP contribution in [-0.4, -0.2) is 32.4 Å². The largest absolute Gasteiger partial charge is 0.350 e. The lowest BCUT2D eigenvalue weighted by atomic mass is 10.3. The highest BCUT2D eigenvalue weighted by molar-refractivity contribution is 6.29. The van der Waals surface area contributed by atoms with Gasteiger partial charge in [-0.2, -0.15) is 0 Å². The molecular weight excluding hydrogens is 242 g/mol. The number of rotatable bonds is 4. The molecule has 0 fully saturated rings. The number of aromatic nitrogens is 4. The van der Waals surface area contributed by atoms with Crippen molar-refractivity contribution in [2.24, 2.45) is 0 Å². The Hall–Kier alpha value is -1.95. The summed E-state index contributed by atoms with van der Waals surface area (Å²) < 4.78 is 0. The molecule has 0 atom stereocenters. The first-order valence-electron chi connectivity index (χ1n) is 4.99. The maximum Gasteiger partial charge on any atom is 0.271 e. The van der Waals surface area contributed by atoms with Gasteiger partial charge < -0.3 is 10.3 Å². The standard InChI is InChI=1S/C10H10ClN5O/c11-8-6-12-5-7(16-8)10(17)15-2-1-9-13-3-4-14-9/h3-6H,1-2H2,(H,13,14)(H,15,17). The van der Waals surface area contributed by atoms with Crippen LogP contribution in [0.5, 0.6) is 0 Å². The second-order valence-corrected chi connectivity index (χ2v) is 3.66. The van der Waals surface area contributed by atoms with E-state index in [4.69, 9.17) is 11.6 Å². The smallest absolute Gasteiger partial charge is 0.271 e. The van der Waals surface area contributed by atoms with E-state index in [9.17, 15) is 4.79 Å². The van der Waals surface area contributed by atoms with Gasteiger partial charge in [0, 0.05) is 25.4 Å². The molecule has 0 saturated carbocycles. The Morgan fingerprint density at radius 2 is 2.35 bits per heavy atom. The highest BCUT2D eigenvalue weighted by atomic mass is 35.5. The molecule has 2 aromatic heterocycles. The van der Waals surface area contributed by atoms with Gasteiger partial charge in [0.05, 0.1) is 12.4 Å². The Morgan fingerprint density at radius 3 is 3.06 bits per heavy atom. The van der Waals surface area contributed by atoms with Gasteiger partial charge in [0.15, 0.2) is 0 Å². The number of amides is 1. The number of halogens is 1. The summed E-state index contributed by atoms with van der Waals surface area (Å²) in [6.07, 6.45) is 6.78. The minimum absolute atomic E-state index is 0.198. The summed E-state index contributed by atoms with van der Waals surface area (Å²) in [6.45, 7) is 0.473. The Bertz CT molecular complexity index is 499. The lowest BCUT2D eigenvalue weighted by molar-refractivity contribution is 0.0948. The number of carbonyl (C=O) groups excluding carboxylic acids is 1. The van der Waals surface area contributed by atoms with Crippen LogP contribution >= 0.6 is 11.6 Å². The van der Waals surface area contributed by atoms with Gasteiger partial charge in [-0.25, -0.2) is 9.97 Å². The molecule has 88 valence electrons. The van der Waals surface area contributed by atoms with Crippen molar-refractivity contribution >= 4 is 17.5 Å². The molecule has 0 bridgehead atoms. The minimum atomic E-state index is -0.299.